The fourth-order valence-electron chi connectivity index (χ4n) is 1.60. The molecule has 0 heterocycles. The second-order valence-electron chi connectivity index (χ2n) is 4.48. The number of nitrogens with zero attached hydrogens (tertiary/aromatic N) is 2. The summed E-state index contributed by atoms with van der Waals surface area (Å²) in [4.78, 5) is 15.6. The molecule has 0 N–H and O–H groups in total. The van der Waals surface area contributed by atoms with Crippen molar-refractivity contribution < 1.29 is 9.18 Å². The fraction of sp³-hybridized carbons (Fsp3) is 0.462. The highest BCUT2D eigenvalue weighted by Crippen LogP contribution is 2.19. The number of carbonyl (C=O) groups is 1. The number of benzene rings is 1. The maximum atomic E-state index is 13.8. The first-order chi connectivity index (χ1) is 8.43. The van der Waals surface area contributed by atoms with Gasteiger partial charge in [-0.3, -0.25) is 4.79 Å². The Kier molecular flexibility index (Phi) is 5.75. The summed E-state index contributed by atoms with van der Waals surface area (Å²) >= 11 is 3.08. The van der Waals surface area contributed by atoms with Gasteiger partial charge in [0.05, 0.1) is 10.0 Å². The Bertz CT molecular complexity index is 423. The van der Waals surface area contributed by atoms with Crippen LogP contribution in [0.1, 0.15) is 16.8 Å². The van der Waals surface area contributed by atoms with Crippen molar-refractivity contribution in [1.82, 2.24) is 9.80 Å². The average molecular weight is 317 g/mol. The molecule has 0 aliphatic rings. The normalized spacial score (nSPS) is 10.8. The lowest BCUT2D eigenvalue weighted by Crippen LogP contribution is -2.30. The lowest BCUT2D eigenvalue weighted by atomic mass is 10.2. The second kappa shape index (κ2) is 6.85. The summed E-state index contributed by atoms with van der Waals surface area (Å²) in [5, 5.41) is 0. The van der Waals surface area contributed by atoms with Crippen LogP contribution in [0.15, 0.2) is 22.7 Å². The van der Waals surface area contributed by atoms with Gasteiger partial charge in [0.25, 0.3) is 5.91 Å². The summed E-state index contributed by atoms with van der Waals surface area (Å²) in [6, 6.07) is 4.75. The first-order valence-corrected chi connectivity index (χ1v) is 6.57. The van der Waals surface area contributed by atoms with Crippen LogP contribution in [0.25, 0.3) is 0 Å². The van der Waals surface area contributed by atoms with Crippen molar-refractivity contribution in [3.63, 3.8) is 0 Å². The van der Waals surface area contributed by atoms with Crippen LogP contribution >= 0.6 is 15.9 Å². The van der Waals surface area contributed by atoms with Gasteiger partial charge in [0.2, 0.25) is 0 Å². The van der Waals surface area contributed by atoms with E-state index in [9.17, 15) is 9.18 Å². The van der Waals surface area contributed by atoms with E-state index in [1.54, 1.807) is 24.1 Å². The highest BCUT2D eigenvalue weighted by Gasteiger charge is 2.17. The summed E-state index contributed by atoms with van der Waals surface area (Å²) < 4.78 is 14.1. The lowest BCUT2D eigenvalue weighted by Gasteiger charge is -2.19. The largest absolute Gasteiger partial charge is 0.342 e. The zero-order valence-corrected chi connectivity index (χ0v) is 12.5. The molecule has 0 aliphatic heterocycles. The molecule has 0 bridgehead atoms. The Hall–Kier alpha value is -0.940. The van der Waals surface area contributed by atoms with E-state index in [4.69, 9.17) is 0 Å². The molecule has 0 spiro atoms. The van der Waals surface area contributed by atoms with E-state index in [-0.39, 0.29) is 11.5 Å². The summed E-state index contributed by atoms with van der Waals surface area (Å²) in [6.07, 6.45) is 0.866. The molecule has 1 aromatic carbocycles. The zero-order chi connectivity index (χ0) is 13.7. The molecule has 1 amide bonds. The fourth-order valence-corrected chi connectivity index (χ4v) is 1.97. The summed E-state index contributed by atoms with van der Waals surface area (Å²) in [5.74, 6) is -0.783. The molecule has 0 radical (unpaired) electrons. The Morgan fingerprint density at radius 2 is 1.94 bits per heavy atom. The Labute approximate surface area is 116 Å². The van der Waals surface area contributed by atoms with Crippen LogP contribution in [0.2, 0.25) is 0 Å². The van der Waals surface area contributed by atoms with E-state index in [1.165, 1.54) is 6.07 Å². The van der Waals surface area contributed by atoms with Crippen LogP contribution in [0.4, 0.5) is 4.39 Å². The number of carbonyl (C=O) groups excluding carboxylic acids is 1. The molecule has 1 rings (SSSR count). The summed E-state index contributed by atoms with van der Waals surface area (Å²) in [5.41, 5.74) is 0.108. The van der Waals surface area contributed by atoms with Gasteiger partial charge in [-0.1, -0.05) is 6.07 Å². The number of amides is 1. The molecule has 0 aromatic heterocycles. The third-order valence-corrected chi connectivity index (χ3v) is 3.24. The van der Waals surface area contributed by atoms with Gasteiger partial charge in [0, 0.05) is 13.6 Å². The van der Waals surface area contributed by atoms with Crippen molar-refractivity contribution in [2.45, 2.75) is 6.42 Å². The number of hydrogen-bond acceptors (Lipinski definition) is 2. The molecule has 0 unspecified atom stereocenters. The maximum Gasteiger partial charge on any atom is 0.256 e. The molecule has 0 aliphatic carbocycles. The van der Waals surface area contributed by atoms with Crippen molar-refractivity contribution in [3.05, 3.63) is 34.1 Å². The van der Waals surface area contributed by atoms with Crippen molar-refractivity contribution in [1.29, 1.82) is 0 Å². The minimum absolute atomic E-state index is 0.108. The molecule has 0 saturated heterocycles. The smallest absolute Gasteiger partial charge is 0.256 e. The van der Waals surface area contributed by atoms with Gasteiger partial charge in [-0.2, -0.15) is 0 Å². The van der Waals surface area contributed by atoms with Gasteiger partial charge >= 0.3 is 0 Å². The van der Waals surface area contributed by atoms with Crippen molar-refractivity contribution in [2.75, 3.05) is 34.2 Å². The highest BCUT2D eigenvalue weighted by atomic mass is 79.9. The van der Waals surface area contributed by atoms with Gasteiger partial charge in [0.15, 0.2) is 0 Å². The van der Waals surface area contributed by atoms with Crippen molar-refractivity contribution in [3.8, 4) is 0 Å². The van der Waals surface area contributed by atoms with Gasteiger partial charge in [-0.05, 0) is 55.1 Å². The monoisotopic (exact) mass is 316 g/mol. The molecule has 100 valence electrons. The quantitative estimate of drug-likeness (QED) is 0.833. The molecule has 18 heavy (non-hydrogen) atoms. The first-order valence-electron chi connectivity index (χ1n) is 5.77. The predicted octanol–water partition coefficient (Wildman–Crippen LogP) is 2.61. The molecule has 0 saturated carbocycles. The standard InChI is InChI=1S/C13H18BrFN2O/c1-16(2)8-5-9-17(3)13(18)10-6-4-7-11(14)12(10)15/h4,6-7H,5,8-9H2,1-3H3. The van der Waals surface area contributed by atoms with E-state index in [0.29, 0.717) is 11.0 Å². The van der Waals surface area contributed by atoms with E-state index in [1.807, 2.05) is 14.1 Å². The minimum atomic E-state index is -0.498. The van der Waals surface area contributed by atoms with Gasteiger partial charge in [-0.15, -0.1) is 0 Å². The van der Waals surface area contributed by atoms with Crippen LogP contribution < -0.4 is 0 Å². The Morgan fingerprint density at radius 3 is 2.56 bits per heavy atom. The molecule has 3 nitrogen and oxygen atoms in total. The number of halogens is 2. The maximum absolute atomic E-state index is 13.8. The zero-order valence-electron chi connectivity index (χ0n) is 10.9. The minimum Gasteiger partial charge on any atom is -0.342 e. The first kappa shape index (κ1) is 15.1. The summed E-state index contributed by atoms with van der Waals surface area (Å²) in [7, 11) is 5.66. The number of hydrogen-bond donors (Lipinski definition) is 0. The van der Waals surface area contributed by atoms with E-state index in [0.717, 1.165) is 13.0 Å². The third kappa shape index (κ3) is 4.07. The molecule has 0 fully saturated rings. The van der Waals surface area contributed by atoms with E-state index in [2.05, 4.69) is 20.8 Å². The van der Waals surface area contributed by atoms with Crippen LogP contribution in [-0.4, -0.2) is 49.9 Å². The molecular weight excluding hydrogens is 299 g/mol. The van der Waals surface area contributed by atoms with Crippen molar-refractivity contribution in [2.24, 2.45) is 0 Å². The average Bonchev–Trinajstić information content (AvgIpc) is 2.31. The Balaban J connectivity index is 2.66. The SMILES string of the molecule is CN(C)CCCN(C)C(=O)c1cccc(Br)c1F. The van der Waals surface area contributed by atoms with Gasteiger partial charge in [0.1, 0.15) is 5.82 Å². The van der Waals surface area contributed by atoms with Crippen molar-refractivity contribution >= 4 is 21.8 Å². The van der Waals surface area contributed by atoms with Gasteiger partial charge < -0.3 is 9.80 Å². The van der Waals surface area contributed by atoms with Crippen LogP contribution in [-0.2, 0) is 0 Å². The van der Waals surface area contributed by atoms with E-state index < -0.39 is 5.82 Å². The van der Waals surface area contributed by atoms with Crippen LogP contribution in [0.3, 0.4) is 0 Å². The third-order valence-electron chi connectivity index (χ3n) is 2.63. The molecular formula is C13H18BrFN2O. The Morgan fingerprint density at radius 1 is 1.28 bits per heavy atom. The van der Waals surface area contributed by atoms with Gasteiger partial charge in [-0.25, -0.2) is 4.39 Å². The lowest BCUT2D eigenvalue weighted by molar-refractivity contribution is 0.0786. The highest BCUT2D eigenvalue weighted by molar-refractivity contribution is 9.10. The number of rotatable bonds is 5. The summed E-state index contributed by atoms with van der Waals surface area (Å²) in [6.45, 7) is 1.52. The predicted molar refractivity (Wildman–Crippen MR) is 74.2 cm³/mol. The second-order valence-corrected chi connectivity index (χ2v) is 5.34. The topological polar surface area (TPSA) is 23.6 Å². The van der Waals surface area contributed by atoms with Crippen LogP contribution in [0, 0.1) is 5.82 Å². The van der Waals surface area contributed by atoms with E-state index >= 15 is 0 Å². The molecule has 0 atom stereocenters. The molecule has 1 aromatic rings. The van der Waals surface area contributed by atoms with Crippen LogP contribution in [0.5, 0.6) is 0 Å². The molecule has 5 heteroatoms.